The minimum Gasteiger partial charge on any atom is -0.383 e. The van der Waals surface area contributed by atoms with E-state index in [4.69, 9.17) is 15.3 Å². The molecule has 0 aliphatic rings. The minimum absolute atomic E-state index is 0.389. The standard InChI is InChI=1S/C17H16N4O/c1-22-10-9-21(17-4-2-3-16(12-19)20-17)13-15-7-5-14(11-18)6-8-15/h2-8H,9-10,13H2,1H3. The fraction of sp³-hybridized carbons (Fsp3) is 0.235. The molecule has 0 unspecified atom stereocenters. The highest BCUT2D eigenvalue weighted by molar-refractivity contribution is 5.43. The van der Waals surface area contributed by atoms with Gasteiger partial charge in [0.2, 0.25) is 0 Å². The van der Waals surface area contributed by atoms with Gasteiger partial charge in [-0.2, -0.15) is 10.5 Å². The van der Waals surface area contributed by atoms with Crippen LogP contribution in [0.25, 0.3) is 0 Å². The van der Waals surface area contributed by atoms with Crippen LogP contribution in [0.2, 0.25) is 0 Å². The van der Waals surface area contributed by atoms with Crippen molar-refractivity contribution in [3.8, 4) is 12.1 Å². The third-order valence-electron chi connectivity index (χ3n) is 3.19. The van der Waals surface area contributed by atoms with Gasteiger partial charge >= 0.3 is 0 Å². The maximum absolute atomic E-state index is 8.98. The Morgan fingerprint density at radius 1 is 1.09 bits per heavy atom. The molecule has 0 saturated carbocycles. The van der Waals surface area contributed by atoms with Crippen molar-refractivity contribution >= 4 is 5.82 Å². The van der Waals surface area contributed by atoms with Crippen molar-refractivity contribution in [2.75, 3.05) is 25.2 Å². The Kier molecular flexibility index (Phi) is 5.48. The van der Waals surface area contributed by atoms with Crippen LogP contribution >= 0.6 is 0 Å². The van der Waals surface area contributed by atoms with Gasteiger partial charge in [-0.1, -0.05) is 18.2 Å². The van der Waals surface area contributed by atoms with E-state index >= 15 is 0 Å². The number of hydrogen-bond donors (Lipinski definition) is 0. The molecule has 110 valence electrons. The summed E-state index contributed by atoms with van der Waals surface area (Å²) in [5.41, 5.74) is 2.09. The van der Waals surface area contributed by atoms with Crippen molar-refractivity contribution in [1.82, 2.24) is 4.98 Å². The molecule has 0 N–H and O–H groups in total. The van der Waals surface area contributed by atoms with E-state index in [1.807, 2.05) is 29.2 Å². The molecule has 1 heterocycles. The lowest BCUT2D eigenvalue weighted by molar-refractivity contribution is 0.205. The second-order valence-electron chi connectivity index (χ2n) is 4.72. The molecule has 0 atom stereocenters. The van der Waals surface area contributed by atoms with E-state index < -0.39 is 0 Å². The Balaban J connectivity index is 2.21. The molecule has 0 fully saturated rings. The van der Waals surface area contributed by atoms with Gasteiger partial charge in [-0.05, 0) is 29.8 Å². The van der Waals surface area contributed by atoms with E-state index in [0.717, 1.165) is 11.4 Å². The Hall–Kier alpha value is -2.89. The van der Waals surface area contributed by atoms with Crippen molar-refractivity contribution in [1.29, 1.82) is 10.5 Å². The van der Waals surface area contributed by atoms with Crippen LogP contribution in [0.1, 0.15) is 16.8 Å². The normalized spacial score (nSPS) is 9.77. The summed E-state index contributed by atoms with van der Waals surface area (Å²) in [6.07, 6.45) is 0. The molecular formula is C17H16N4O. The first-order valence-electron chi connectivity index (χ1n) is 6.87. The first-order chi connectivity index (χ1) is 10.8. The largest absolute Gasteiger partial charge is 0.383 e. The number of pyridine rings is 1. The second-order valence-corrected chi connectivity index (χ2v) is 4.72. The SMILES string of the molecule is COCCN(Cc1ccc(C#N)cc1)c1cccc(C#N)n1. The molecule has 0 aliphatic carbocycles. The van der Waals surface area contributed by atoms with E-state index in [2.05, 4.69) is 17.1 Å². The summed E-state index contributed by atoms with van der Waals surface area (Å²) < 4.78 is 5.15. The molecule has 22 heavy (non-hydrogen) atoms. The fourth-order valence-electron chi connectivity index (χ4n) is 2.04. The van der Waals surface area contributed by atoms with Crippen LogP contribution in [-0.4, -0.2) is 25.2 Å². The Bertz CT molecular complexity index is 698. The Morgan fingerprint density at radius 3 is 2.50 bits per heavy atom. The number of benzene rings is 1. The third-order valence-corrected chi connectivity index (χ3v) is 3.19. The molecule has 0 saturated heterocycles. The topological polar surface area (TPSA) is 72.9 Å². The number of methoxy groups -OCH3 is 1. The summed E-state index contributed by atoms with van der Waals surface area (Å²) in [5, 5.41) is 17.8. The Morgan fingerprint density at radius 2 is 1.86 bits per heavy atom. The molecule has 0 radical (unpaired) electrons. The second kappa shape index (κ2) is 7.78. The van der Waals surface area contributed by atoms with Crippen LogP contribution in [0.5, 0.6) is 0 Å². The molecule has 1 aromatic carbocycles. The third kappa shape index (κ3) is 4.05. The minimum atomic E-state index is 0.389. The highest BCUT2D eigenvalue weighted by atomic mass is 16.5. The summed E-state index contributed by atoms with van der Waals surface area (Å²) in [5.74, 6) is 0.737. The molecular weight excluding hydrogens is 276 g/mol. The number of nitrogens with zero attached hydrogens (tertiary/aromatic N) is 4. The number of anilines is 1. The van der Waals surface area contributed by atoms with Crippen LogP contribution in [-0.2, 0) is 11.3 Å². The molecule has 0 amide bonds. The van der Waals surface area contributed by atoms with E-state index in [1.54, 1.807) is 25.3 Å². The quantitative estimate of drug-likeness (QED) is 0.817. The number of aromatic nitrogens is 1. The molecule has 5 nitrogen and oxygen atoms in total. The highest BCUT2D eigenvalue weighted by Gasteiger charge is 2.09. The Labute approximate surface area is 130 Å². The molecule has 2 aromatic rings. The average molecular weight is 292 g/mol. The van der Waals surface area contributed by atoms with E-state index in [1.165, 1.54) is 0 Å². The molecule has 0 spiro atoms. The summed E-state index contributed by atoms with van der Waals surface area (Å²) in [4.78, 5) is 6.38. The predicted molar refractivity (Wildman–Crippen MR) is 83.0 cm³/mol. The maximum Gasteiger partial charge on any atom is 0.142 e. The first-order valence-corrected chi connectivity index (χ1v) is 6.87. The summed E-state index contributed by atoms with van der Waals surface area (Å²) in [6, 6.07) is 17.0. The summed E-state index contributed by atoms with van der Waals surface area (Å²) in [6.45, 7) is 1.87. The van der Waals surface area contributed by atoms with Gasteiger partial charge in [0.05, 0.1) is 18.2 Å². The van der Waals surface area contributed by atoms with Gasteiger partial charge < -0.3 is 9.64 Å². The van der Waals surface area contributed by atoms with Crippen molar-refractivity contribution in [2.24, 2.45) is 0 Å². The number of rotatable bonds is 6. The zero-order valence-electron chi connectivity index (χ0n) is 12.4. The highest BCUT2D eigenvalue weighted by Crippen LogP contribution is 2.15. The lowest BCUT2D eigenvalue weighted by atomic mass is 10.1. The van der Waals surface area contributed by atoms with E-state index in [9.17, 15) is 0 Å². The monoisotopic (exact) mass is 292 g/mol. The first kappa shape index (κ1) is 15.5. The van der Waals surface area contributed by atoms with Crippen molar-refractivity contribution in [3.05, 3.63) is 59.3 Å². The van der Waals surface area contributed by atoms with Crippen LogP contribution in [0, 0.1) is 22.7 Å². The van der Waals surface area contributed by atoms with Gasteiger partial charge in [0, 0.05) is 20.2 Å². The van der Waals surface area contributed by atoms with Crippen molar-refractivity contribution < 1.29 is 4.74 Å². The zero-order valence-corrected chi connectivity index (χ0v) is 12.4. The summed E-state index contributed by atoms with van der Waals surface area (Å²) >= 11 is 0. The van der Waals surface area contributed by atoms with E-state index in [-0.39, 0.29) is 0 Å². The van der Waals surface area contributed by atoms with Crippen LogP contribution in [0.3, 0.4) is 0 Å². The number of nitriles is 2. The van der Waals surface area contributed by atoms with Crippen LogP contribution in [0.15, 0.2) is 42.5 Å². The van der Waals surface area contributed by atoms with Gasteiger partial charge in [-0.25, -0.2) is 4.98 Å². The van der Waals surface area contributed by atoms with Gasteiger partial charge in [-0.3, -0.25) is 0 Å². The number of hydrogen-bond acceptors (Lipinski definition) is 5. The molecule has 0 aliphatic heterocycles. The summed E-state index contributed by atoms with van der Waals surface area (Å²) in [7, 11) is 1.65. The number of ether oxygens (including phenoxy) is 1. The smallest absolute Gasteiger partial charge is 0.142 e. The lowest BCUT2D eigenvalue weighted by Gasteiger charge is -2.23. The lowest BCUT2D eigenvalue weighted by Crippen LogP contribution is -2.27. The maximum atomic E-state index is 8.98. The van der Waals surface area contributed by atoms with Gasteiger partial charge in [-0.15, -0.1) is 0 Å². The fourth-order valence-corrected chi connectivity index (χ4v) is 2.04. The van der Waals surface area contributed by atoms with Gasteiger partial charge in [0.1, 0.15) is 17.6 Å². The molecule has 2 rings (SSSR count). The average Bonchev–Trinajstić information content (AvgIpc) is 2.59. The molecule has 1 aromatic heterocycles. The predicted octanol–water partition coefficient (Wildman–Crippen LogP) is 2.48. The van der Waals surface area contributed by atoms with Gasteiger partial charge in [0.25, 0.3) is 0 Å². The van der Waals surface area contributed by atoms with Gasteiger partial charge in [0.15, 0.2) is 0 Å². The zero-order chi connectivity index (χ0) is 15.8. The van der Waals surface area contributed by atoms with E-state index in [0.29, 0.717) is 31.0 Å². The van der Waals surface area contributed by atoms with Crippen LogP contribution < -0.4 is 4.90 Å². The van der Waals surface area contributed by atoms with Crippen LogP contribution in [0.4, 0.5) is 5.82 Å². The van der Waals surface area contributed by atoms with Crippen molar-refractivity contribution in [3.63, 3.8) is 0 Å². The molecule has 0 bridgehead atoms. The van der Waals surface area contributed by atoms with Crippen molar-refractivity contribution in [2.45, 2.75) is 6.54 Å². The molecule has 5 heteroatoms.